The summed E-state index contributed by atoms with van der Waals surface area (Å²) >= 11 is 6.24. The first-order valence-electron chi connectivity index (χ1n) is 3.27. The average Bonchev–Trinajstić information content (AvgIpc) is 2.38. The van der Waals surface area contributed by atoms with Crippen molar-refractivity contribution in [2.45, 2.75) is 13.8 Å². The summed E-state index contributed by atoms with van der Waals surface area (Å²) in [5, 5.41) is 0. The molecule has 58 valence electrons. The molecule has 2 aromatic rings. The third-order valence-corrected chi connectivity index (χ3v) is 8.67. The van der Waals surface area contributed by atoms with E-state index in [9.17, 15) is 0 Å². The zero-order valence-electron chi connectivity index (χ0n) is 6.22. The Kier molecular flexibility index (Phi) is 1.98. The molecule has 0 saturated carbocycles. The minimum absolute atomic E-state index is 0.500. The molecule has 2 rings (SSSR count). The SMILES string of the molecule is Cc1[nH]c(C)c2[se]c(=S)[se]c12. The van der Waals surface area contributed by atoms with Gasteiger partial charge in [-0.3, -0.25) is 0 Å². The van der Waals surface area contributed by atoms with Crippen molar-refractivity contribution in [3.8, 4) is 0 Å². The number of fused-ring (bicyclic) bond motifs is 1. The van der Waals surface area contributed by atoms with E-state index >= 15 is 0 Å². The summed E-state index contributed by atoms with van der Waals surface area (Å²) < 4.78 is 4.40. The van der Waals surface area contributed by atoms with Crippen molar-refractivity contribution in [1.29, 1.82) is 0 Å². The van der Waals surface area contributed by atoms with Crippen LogP contribution in [0.15, 0.2) is 0 Å². The molecular weight excluding hydrogens is 288 g/mol. The summed E-state index contributed by atoms with van der Waals surface area (Å²) in [6.45, 7) is 4.30. The van der Waals surface area contributed by atoms with Crippen LogP contribution in [-0.2, 0) is 0 Å². The molecule has 0 unspecified atom stereocenters. The van der Waals surface area contributed by atoms with E-state index in [-0.39, 0.29) is 0 Å². The normalized spacial score (nSPS) is 11.1. The number of nitrogens with one attached hydrogen (secondary N) is 1. The molecule has 2 heterocycles. The molecule has 0 aliphatic carbocycles. The van der Waals surface area contributed by atoms with Crippen LogP contribution in [0.2, 0.25) is 0 Å². The van der Waals surface area contributed by atoms with Gasteiger partial charge in [0, 0.05) is 0 Å². The zero-order chi connectivity index (χ0) is 8.01. The van der Waals surface area contributed by atoms with Gasteiger partial charge >= 0.3 is 82.2 Å². The molecule has 4 heteroatoms. The topological polar surface area (TPSA) is 15.8 Å². The van der Waals surface area contributed by atoms with Crippen LogP contribution >= 0.6 is 12.2 Å². The van der Waals surface area contributed by atoms with E-state index in [1.807, 2.05) is 0 Å². The second kappa shape index (κ2) is 2.72. The summed E-state index contributed by atoms with van der Waals surface area (Å²) in [6.07, 6.45) is 0. The Labute approximate surface area is 81.9 Å². The molecule has 0 fully saturated rings. The average molecular weight is 295 g/mol. The molecule has 0 amide bonds. The Balaban J connectivity index is 3.03. The molecule has 0 aromatic carbocycles. The molecule has 0 saturated heterocycles. The summed E-state index contributed by atoms with van der Waals surface area (Å²) in [5.41, 5.74) is 2.69. The van der Waals surface area contributed by atoms with Crippen molar-refractivity contribution in [1.82, 2.24) is 4.98 Å². The van der Waals surface area contributed by atoms with Gasteiger partial charge in [-0.05, 0) is 0 Å². The van der Waals surface area contributed by atoms with Crippen molar-refractivity contribution in [2.75, 3.05) is 0 Å². The molecular formula is C7H7NSSe2. The van der Waals surface area contributed by atoms with Gasteiger partial charge in [-0.1, -0.05) is 0 Å². The third-order valence-electron chi connectivity index (χ3n) is 1.63. The van der Waals surface area contributed by atoms with E-state index < -0.39 is 0 Å². The van der Waals surface area contributed by atoms with E-state index in [0.717, 1.165) is 0 Å². The van der Waals surface area contributed by atoms with Gasteiger partial charge in [0.25, 0.3) is 0 Å². The molecule has 0 atom stereocenters. The maximum absolute atomic E-state index is 5.24. The zero-order valence-corrected chi connectivity index (χ0v) is 10.5. The van der Waals surface area contributed by atoms with E-state index in [2.05, 4.69) is 18.8 Å². The fraction of sp³-hybridized carbons (Fsp3) is 0.286. The van der Waals surface area contributed by atoms with Gasteiger partial charge in [-0.2, -0.15) is 0 Å². The monoisotopic (exact) mass is 297 g/mol. The number of aryl methyl sites for hydroxylation is 2. The standard InChI is InChI=1S/C7H7NSSe2/c1-3-5-6(4(2)8-3)11-7(9)10-5/h8H,1-2H3. The van der Waals surface area contributed by atoms with Crippen LogP contribution in [0.4, 0.5) is 0 Å². The van der Waals surface area contributed by atoms with Gasteiger partial charge < -0.3 is 0 Å². The molecule has 1 nitrogen and oxygen atoms in total. The van der Waals surface area contributed by atoms with E-state index in [4.69, 9.17) is 12.2 Å². The first-order valence-corrected chi connectivity index (χ1v) is 7.11. The van der Waals surface area contributed by atoms with Crippen LogP contribution in [0, 0.1) is 16.1 Å². The van der Waals surface area contributed by atoms with Crippen LogP contribution < -0.4 is 0 Å². The molecule has 0 bridgehead atoms. The van der Waals surface area contributed by atoms with Crippen LogP contribution in [0.5, 0.6) is 0 Å². The van der Waals surface area contributed by atoms with Crippen LogP contribution in [0.1, 0.15) is 11.4 Å². The molecule has 0 aliphatic rings. The Bertz CT molecular complexity index is 411. The Hall–Kier alpha value is 0.409. The fourth-order valence-electron chi connectivity index (χ4n) is 1.17. The summed E-state index contributed by atoms with van der Waals surface area (Å²) in [4.78, 5) is 3.37. The first-order chi connectivity index (χ1) is 5.18. The van der Waals surface area contributed by atoms with Gasteiger partial charge in [0.15, 0.2) is 0 Å². The van der Waals surface area contributed by atoms with Crippen molar-refractivity contribution < 1.29 is 0 Å². The molecule has 0 radical (unpaired) electrons. The molecule has 2 aromatic heterocycles. The first kappa shape index (κ1) is 8.03. The van der Waals surface area contributed by atoms with Gasteiger partial charge in [0.1, 0.15) is 0 Å². The van der Waals surface area contributed by atoms with Gasteiger partial charge in [0.05, 0.1) is 0 Å². The van der Waals surface area contributed by atoms with Crippen LogP contribution in [0.25, 0.3) is 8.52 Å². The van der Waals surface area contributed by atoms with E-state index in [0.29, 0.717) is 29.0 Å². The Morgan fingerprint density at radius 1 is 1.09 bits per heavy atom. The molecule has 0 aliphatic heterocycles. The van der Waals surface area contributed by atoms with Gasteiger partial charge in [-0.15, -0.1) is 0 Å². The number of H-pyrrole nitrogens is 1. The number of hydrogen-bond acceptors (Lipinski definition) is 1. The molecule has 1 N–H and O–H groups in total. The summed E-state index contributed by atoms with van der Waals surface area (Å²) in [5.74, 6) is 0. The van der Waals surface area contributed by atoms with Crippen molar-refractivity contribution in [3.63, 3.8) is 0 Å². The van der Waals surface area contributed by atoms with E-state index in [1.54, 1.807) is 8.52 Å². The predicted octanol–water partition coefficient (Wildman–Crippen LogP) is 1.63. The number of hydrogen-bond donors (Lipinski definition) is 1. The third kappa shape index (κ3) is 1.24. The van der Waals surface area contributed by atoms with Crippen molar-refractivity contribution in [2.24, 2.45) is 0 Å². The van der Waals surface area contributed by atoms with E-state index in [1.165, 1.54) is 13.6 Å². The number of rotatable bonds is 0. The van der Waals surface area contributed by atoms with Crippen LogP contribution in [-0.4, -0.2) is 34.0 Å². The number of aromatic nitrogens is 1. The fourth-order valence-corrected chi connectivity index (χ4v) is 7.89. The molecule has 11 heavy (non-hydrogen) atoms. The van der Waals surface area contributed by atoms with Crippen molar-refractivity contribution >= 4 is 49.7 Å². The Morgan fingerprint density at radius 3 is 2.00 bits per heavy atom. The predicted molar refractivity (Wildman–Crippen MR) is 52.5 cm³/mol. The van der Waals surface area contributed by atoms with Crippen molar-refractivity contribution in [3.05, 3.63) is 13.6 Å². The number of aromatic amines is 1. The summed E-state index contributed by atoms with van der Waals surface area (Å²) in [7, 11) is 0. The minimum atomic E-state index is 0.500. The van der Waals surface area contributed by atoms with Gasteiger partial charge in [-0.25, -0.2) is 0 Å². The second-order valence-corrected chi connectivity index (χ2v) is 9.66. The Morgan fingerprint density at radius 2 is 1.55 bits per heavy atom. The second-order valence-electron chi connectivity index (χ2n) is 2.49. The maximum atomic E-state index is 5.24. The quantitative estimate of drug-likeness (QED) is 0.577. The van der Waals surface area contributed by atoms with Crippen LogP contribution in [0.3, 0.4) is 0 Å². The molecule has 0 spiro atoms. The van der Waals surface area contributed by atoms with Gasteiger partial charge in [0.2, 0.25) is 0 Å². The summed E-state index contributed by atoms with van der Waals surface area (Å²) in [6, 6.07) is 0.